The number of hydrogen-bond acceptors (Lipinski definition) is 0. The van der Waals surface area contributed by atoms with Crippen LogP contribution in [0.1, 0.15) is 68.6 Å². The molecule has 2 aromatic rings. The van der Waals surface area contributed by atoms with Gasteiger partial charge in [0.25, 0.3) is 0 Å². The van der Waals surface area contributed by atoms with Gasteiger partial charge in [0, 0.05) is 10.6 Å². The van der Waals surface area contributed by atoms with Crippen molar-refractivity contribution in [1.29, 1.82) is 0 Å². The molecule has 1 aliphatic rings. The summed E-state index contributed by atoms with van der Waals surface area (Å²) in [4.78, 5) is 0. The van der Waals surface area contributed by atoms with E-state index in [2.05, 4.69) is 43.0 Å². The summed E-state index contributed by atoms with van der Waals surface area (Å²) in [6.45, 7) is 2.11. The van der Waals surface area contributed by atoms with Crippen LogP contribution < -0.4 is 0 Å². The molecule has 0 saturated heterocycles. The Labute approximate surface area is 180 Å². The van der Waals surface area contributed by atoms with E-state index < -0.39 is 0 Å². The van der Waals surface area contributed by atoms with Crippen molar-refractivity contribution in [2.45, 2.75) is 58.3 Å². The lowest BCUT2D eigenvalue weighted by molar-refractivity contribution is 0.254. The summed E-state index contributed by atoms with van der Waals surface area (Å²) >= 11 is 5.78. The smallest absolute Gasteiger partial charge is 0.140 e. The number of aryl methyl sites for hydroxylation is 1. The number of hydrogen-bond donors (Lipinski definition) is 0. The van der Waals surface area contributed by atoms with E-state index >= 15 is 0 Å². The second-order valence-electron chi connectivity index (χ2n) is 8.14. The summed E-state index contributed by atoms with van der Waals surface area (Å²) in [5.74, 6) is 7.37. The van der Waals surface area contributed by atoms with E-state index in [0.29, 0.717) is 10.6 Å². The standard InChI is InChI=1S/C27H30ClF/c1-2-3-4-5-21-6-8-22(9-7-21)10-11-23-12-14-24(15-13-23)16-17-25-18-19-26(28)20-27(25)29/h2-3,12-15,18-22H,4-11H2,1H3/b3-2+. The SMILES string of the molecule is C/C=C/CCC1CCC(CCc2ccc(C#Cc3ccc(Cl)cc3F)cc2)CC1. The summed E-state index contributed by atoms with van der Waals surface area (Å²) in [5.41, 5.74) is 2.65. The molecule has 2 heteroatoms. The lowest BCUT2D eigenvalue weighted by atomic mass is 9.78. The van der Waals surface area contributed by atoms with Crippen LogP contribution in [-0.2, 0) is 6.42 Å². The summed E-state index contributed by atoms with van der Waals surface area (Å²) < 4.78 is 13.8. The zero-order valence-electron chi connectivity index (χ0n) is 17.3. The third-order valence-corrected chi connectivity index (χ3v) is 6.25. The molecule has 0 N–H and O–H groups in total. The molecule has 0 amide bonds. The fourth-order valence-electron chi connectivity index (χ4n) is 4.16. The van der Waals surface area contributed by atoms with Gasteiger partial charge < -0.3 is 0 Å². The van der Waals surface area contributed by atoms with Crippen LogP contribution in [0.3, 0.4) is 0 Å². The van der Waals surface area contributed by atoms with Crippen molar-refractivity contribution in [1.82, 2.24) is 0 Å². The zero-order chi connectivity index (χ0) is 20.5. The van der Waals surface area contributed by atoms with Gasteiger partial charge in [-0.05, 0) is 80.3 Å². The lowest BCUT2D eigenvalue weighted by Crippen LogP contribution is -2.15. The lowest BCUT2D eigenvalue weighted by Gasteiger charge is -2.28. The van der Waals surface area contributed by atoms with Crippen LogP contribution in [0.25, 0.3) is 0 Å². The first-order valence-corrected chi connectivity index (χ1v) is 11.2. The van der Waals surface area contributed by atoms with E-state index in [9.17, 15) is 4.39 Å². The monoisotopic (exact) mass is 408 g/mol. The van der Waals surface area contributed by atoms with Crippen LogP contribution >= 0.6 is 11.6 Å². The predicted molar refractivity (Wildman–Crippen MR) is 122 cm³/mol. The molecule has 0 heterocycles. The number of allylic oxidation sites excluding steroid dienone is 2. The van der Waals surface area contributed by atoms with Crippen molar-refractivity contribution in [2.75, 3.05) is 0 Å². The summed E-state index contributed by atoms with van der Waals surface area (Å²) in [5, 5.41) is 0.388. The quantitative estimate of drug-likeness (QED) is 0.335. The summed E-state index contributed by atoms with van der Waals surface area (Å²) in [7, 11) is 0. The van der Waals surface area contributed by atoms with Gasteiger partial charge in [-0.1, -0.05) is 73.4 Å². The van der Waals surface area contributed by atoms with E-state index in [-0.39, 0.29) is 5.82 Å². The second-order valence-corrected chi connectivity index (χ2v) is 8.58. The van der Waals surface area contributed by atoms with Crippen molar-refractivity contribution in [3.8, 4) is 11.8 Å². The molecular weight excluding hydrogens is 379 g/mol. The van der Waals surface area contributed by atoms with E-state index in [1.54, 1.807) is 12.1 Å². The van der Waals surface area contributed by atoms with Gasteiger partial charge in [-0.15, -0.1) is 0 Å². The molecule has 0 atom stereocenters. The highest BCUT2D eigenvalue weighted by atomic mass is 35.5. The highest BCUT2D eigenvalue weighted by Gasteiger charge is 2.20. The fourth-order valence-corrected chi connectivity index (χ4v) is 4.32. The van der Waals surface area contributed by atoms with Gasteiger partial charge in [-0.3, -0.25) is 0 Å². The molecule has 0 bridgehead atoms. The highest BCUT2D eigenvalue weighted by molar-refractivity contribution is 6.30. The Morgan fingerprint density at radius 3 is 2.31 bits per heavy atom. The molecule has 0 radical (unpaired) electrons. The molecule has 0 aromatic heterocycles. The third-order valence-electron chi connectivity index (χ3n) is 6.01. The number of halogens is 2. The minimum absolute atomic E-state index is 0.375. The maximum atomic E-state index is 13.8. The molecule has 29 heavy (non-hydrogen) atoms. The molecule has 1 fully saturated rings. The van der Waals surface area contributed by atoms with E-state index in [4.69, 9.17) is 11.6 Å². The Balaban J connectivity index is 1.45. The van der Waals surface area contributed by atoms with Crippen LogP contribution in [0.15, 0.2) is 54.6 Å². The topological polar surface area (TPSA) is 0 Å². The van der Waals surface area contributed by atoms with Gasteiger partial charge in [-0.25, -0.2) is 4.39 Å². The van der Waals surface area contributed by atoms with Crippen molar-refractivity contribution in [2.24, 2.45) is 11.8 Å². The van der Waals surface area contributed by atoms with E-state index in [1.165, 1.54) is 56.6 Å². The molecule has 0 unspecified atom stereocenters. The Bertz CT molecular complexity index is 862. The molecular formula is C27H30ClF. The molecule has 0 spiro atoms. The minimum Gasteiger partial charge on any atom is -0.206 e. The predicted octanol–water partition coefficient (Wildman–Crippen LogP) is 7.97. The van der Waals surface area contributed by atoms with Crippen LogP contribution in [0, 0.1) is 29.5 Å². The molecule has 3 rings (SSSR count). The van der Waals surface area contributed by atoms with Gasteiger partial charge >= 0.3 is 0 Å². The maximum absolute atomic E-state index is 13.8. The van der Waals surface area contributed by atoms with Crippen molar-refractivity contribution < 1.29 is 4.39 Å². The molecule has 1 saturated carbocycles. The second kappa shape index (κ2) is 11.2. The molecule has 0 aliphatic heterocycles. The Morgan fingerprint density at radius 2 is 1.66 bits per heavy atom. The minimum atomic E-state index is -0.377. The van der Waals surface area contributed by atoms with Crippen molar-refractivity contribution >= 4 is 11.6 Å². The first-order valence-electron chi connectivity index (χ1n) is 10.8. The van der Waals surface area contributed by atoms with Crippen LogP contribution in [0.4, 0.5) is 4.39 Å². The summed E-state index contributed by atoms with van der Waals surface area (Å²) in [6, 6.07) is 13.0. The van der Waals surface area contributed by atoms with Crippen LogP contribution in [0.2, 0.25) is 5.02 Å². The van der Waals surface area contributed by atoms with Gasteiger partial charge in [0.15, 0.2) is 0 Å². The van der Waals surface area contributed by atoms with Gasteiger partial charge in [0.1, 0.15) is 5.82 Å². The molecule has 152 valence electrons. The first-order chi connectivity index (χ1) is 14.1. The first kappa shape index (κ1) is 21.7. The van der Waals surface area contributed by atoms with Gasteiger partial charge in [0.2, 0.25) is 0 Å². The molecule has 2 aromatic carbocycles. The van der Waals surface area contributed by atoms with Crippen molar-refractivity contribution in [3.05, 3.63) is 82.1 Å². The Hall–Kier alpha value is -2.04. The normalized spacial score (nSPS) is 19.1. The van der Waals surface area contributed by atoms with E-state index in [1.807, 2.05) is 12.1 Å². The molecule has 1 aliphatic carbocycles. The average molecular weight is 409 g/mol. The molecule has 0 nitrogen and oxygen atoms in total. The van der Waals surface area contributed by atoms with Crippen molar-refractivity contribution in [3.63, 3.8) is 0 Å². The Morgan fingerprint density at radius 1 is 0.966 bits per heavy atom. The van der Waals surface area contributed by atoms with Gasteiger partial charge in [-0.2, -0.15) is 0 Å². The van der Waals surface area contributed by atoms with Crippen LogP contribution in [-0.4, -0.2) is 0 Å². The van der Waals surface area contributed by atoms with Gasteiger partial charge in [0.05, 0.1) is 5.56 Å². The summed E-state index contributed by atoms with van der Waals surface area (Å²) in [6.07, 6.45) is 15.1. The average Bonchev–Trinajstić information content (AvgIpc) is 2.73. The van der Waals surface area contributed by atoms with E-state index in [0.717, 1.165) is 23.8 Å². The number of benzene rings is 2. The maximum Gasteiger partial charge on any atom is 0.140 e. The third kappa shape index (κ3) is 7.06. The highest BCUT2D eigenvalue weighted by Crippen LogP contribution is 2.34. The zero-order valence-corrected chi connectivity index (χ0v) is 18.0. The Kier molecular flexibility index (Phi) is 8.38. The van der Waals surface area contributed by atoms with Crippen LogP contribution in [0.5, 0.6) is 0 Å². The number of rotatable bonds is 6. The fraction of sp³-hybridized carbons (Fsp3) is 0.407. The largest absolute Gasteiger partial charge is 0.206 e.